The maximum atomic E-state index is 12.8. The van der Waals surface area contributed by atoms with E-state index < -0.39 is 0 Å². The summed E-state index contributed by atoms with van der Waals surface area (Å²) >= 11 is 1.46. The van der Waals surface area contributed by atoms with Crippen LogP contribution in [0.5, 0.6) is 0 Å². The minimum atomic E-state index is -0.330. The van der Waals surface area contributed by atoms with Gasteiger partial charge in [0.05, 0.1) is 11.0 Å². The molecule has 22 heavy (non-hydrogen) atoms. The minimum Gasteiger partial charge on any atom is -0.325 e. The fraction of sp³-hybridized carbons (Fsp3) is 0.429. The number of carbonyl (C=O) groups excluding carboxylic acids is 1. The number of anilines is 1. The number of hydrogen-bond donors (Lipinski definition) is 1. The molecule has 0 aliphatic carbocycles. The normalized spacial score (nSPS) is 12.1. The highest BCUT2D eigenvalue weighted by atomic mass is 32.2. The number of thioether (sulfide) groups is 1. The van der Waals surface area contributed by atoms with Gasteiger partial charge >= 0.3 is 0 Å². The first-order chi connectivity index (χ1) is 10.6. The van der Waals surface area contributed by atoms with Crippen LogP contribution in [0.2, 0.25) is 0 Å². The smallest absolute Gasteiger partial charge is 0.237 e. The van der Waals surface area contributed by atoms with Crippen LogP contribution in [0.4, 0.5) is 10.1 Å². The molecule has 0 fully saturated rings. The first-order valence-corrected chi connectivity index (χ1v) is 8.08. The minimum absolute atomic E-state index is 0.133. The van der Waals surface area contributed by atoms with Crippen LogP contribution in [0.25, 0.3) is 0 Å². The Hall–Kier alpha value is -1.96. The van der Waals surface area contributed by atoms with Gasteiger partial charge < -0.3 is 5.32 Å². The Kier molecular flexibility index (Phi) is 5.88. The van der Waals surface area contributed by atoms with Gasteiger partial charge in [0, 0.05) is 12.2 Å². The number of rotatable bonds is 7. The van der Waals surface area contributed by atoms with Gasteiger partial charge in [-0.15, -0.1) is 16.9 Å². The highest BCUT2D eigenvalue weighted by molar-refractivity contribution is 7.99. The number of hydrogen-bond acceptors (Lipinski definition) is 5. The zero-order valence-electron chi connectivity index (χ0n) is 12.5. The molecule has 0 radical (unpaired) electrons. The molecule has 1 aromatic heterocycles. The van der Waals surface area contributed by atoms with E-state index >= 15 is 0 Å². The Bertz CT molecular complexity index is 616. The van der Waals surface area contributed by atoms with Crippen molar-refractivity contribution in [2.45, 2.75) is 37.8 Å². The summed E-state index contributed by atoms with van der Waals surface area (Å²) in [7, 11) is 0. The van der Waals surface area contributed by atoms with E-state index in [0.717, 1.165) is 18.8 Å². The monoisotopic (exact) mass is 323 g/mol. The number of carbonyl (C=O) groups is 1. The number of nitrogens with zero attached hydrogens (tertiary/aromatic N) is 4. The molecule has 1 aromatic carbocycles. The van der Waals surface area contributed by atoms with Crippen molar-refractivity contribution in [3.63, 3.8) is 0 Å². The second kappa shape index (κ2) is 7.88. The molecular formula is C14H18FN5OS. The molecule has 6 nitrogen and oxygen atoms in total. The van der Waals surface area contributed by atoms with E-state index in [9.17, 15) is 9.18 Å². The van der Waals surface area contributed by atoms with Crippen molar-refractivity contribution >= 4 is 23.4 Å². The average molecular weight is 323 g/mol. The summed E-state index contributed by atoms with van der Waals surface area (Å²) in [4.78, 5) is 12.1. The van der Waals surface area contributed by atoms with Crippen LogP contribution in [-0.2, 0) is 17.1 Å². The molecule has 1 heterocycles. The van der Waals surface area contributed by atoms with Gasteiger partial charge in [-0.2, -0.15) is 0 Å². The Morgan fingerprint density at radius 3 is 2.82 bits per heavy atom. The van der Waals surface area contributed by atoms with E-state index in [0.29, 0.717) is 11.4 Å². The summed E-state index contributed by atoms with van der Waals surface area (Å²) in [5, 5.41) is 14.0. The second-order valence-electron chi connectivity index (χ2n) is 4.77. The zero-order valence-corrected chi connectivity index (χ0v) is 13.3. The first kappa shape index (κ1) is 16.4. The Balaban J connectivity index is 1.86. The van der Waals surface area contributed by atoms with Crippen LogP contribution in [0.1, 0.15) is 26.1 Å². The van der Waals surface area contributed by atoms with Crippen LogP contribution >= 0.6 is 11.8 Å². The lowest BCUT2D eigenvalue weighted by atomic mass is 10.3. The van der Waals surface area contributed by atoms with E-state index in [2.05, 4.69) is 27.8 Å². The molecule has 1 unspecified atom stereocenters. The zero-order chi connectivity index (χ0) is 15.9. The van der Waals surface area contributed by atoms with Crippen molar-refractivity contribution in [3.8, 4) is 0 Å². The van der Waals surface area contributed by atoms with Crippen molar-refractivity contribution in [2.75, 3.05) is 5.32 Å². The van der Waals surface area contributed by atoms with Crippen LogP contribution < -0.4 is 5.32 Å². The summed E-state index contributed by atoms with van der Waals surface area (Å²) in [6.45, 7) is 4.63. The highest BCUT2D eigenvalue weighted by Gasteiger charge is 2.15. The van der Waals surface area contributed by atoms with Gasteiger partial charge in [0.15, 0.2) is 5.82 Å². The third kappa shape index (κ3) is 4.52. The van der Waals surface area contributed by atoms with Crippen molar-refractivity contribution in [1.29, 1.82) is 0 Å². The van der Waals surface area contributed by atoms with Gasteiger partial charge in [-0.3, -0.25) is 4.79 Å². The average Bonchev–Trinajstić information content (AvgIpc) is 2.95. The van der Waals surface area contributed by atoms with Crippen LogP contribution in [0, 0.1) is 5.82 Å². The number of amides is 1. The number of halogens is 1. The predicted molar refractivity (Wildman–Crippen MR) is 83.9 cm³/mol. The molecule has 0 saturated carbocycles. The summed E-state index contributed by atoms with van der Waals surface area (Å²) < 4.78 is 14.6. The van der Waals surface area contributed by atoms with Gasteiger partial charge in [-0.25, -0.2) is 9.07 Å². The van der Waals surface area contributed by atoms with E-state index in [1.165, 1.54) is 36.0 Å². The molecule has 1 amide bonds. The quantitative estimate of drug-likeness (QED) is 0.847. The second-order valence-corrected chi connectivity index (χ2v) is 6.10. The van der Waals surface area contributed by atoms with Crippen molar-refractivity contribution in [2.24, 2.45) is 0 Å². The van der Waals surface area contributed by atoms with Gasteiger partial charge in [-0.1, -0.05) is 6.92 Å². The van der Waals surface area contributed by atoms with Crippen molar-refractivity contribution in [3.05, 3.63) is 35.9 Å². The molecule has 2 aromatic rings. The van der Waals surface area contributed by atoms with E-state index in [-0.39, 0.29) is 17.0 Å². The molecule has 0 saturated heterocycles. The van der Waals surface area contributed by atoms with Gasteiger partial charge in [0.25, 0.3) is 0 Å². The Morgan fingerprint density at radius 2 is 2.14 bits per heavy atom. The largest absolute Gasteiger partial charge is 0.325 e. The standard InChI is InChI=1S/C14H18FN5OS/c1-3-8-20-13(17-18-19-20)9-22-10(2)14(21)16-12-6-4-11(15)5-7-12/h4-7,10H,3,8-9H2,1-2H3,(H,16,21). The third-order valence-electron chi connectivity index (χ3n) is 2.98. The Labute approximate surface area is 132 Å². The molecule has 8 heteroatoms. The van der Waals surface area contributed by atoms with Crippen molar-refractivity contribution in [1.82, 2.24) is 20.2 Å². The lowest BCUT2D eigenvalue weighted by Gasteiger charge is -2.11. The molecule has 1 atom stereocenters. The fourth-order valence-corrected chi connectivity index (χ4v) is 2.58. The number of benzene rings is 1. The molecule has 2 rings (SSSR count). The lowest BCUT2D eigenvalue weighted by Crippen LogP contribution is -2.22. The predicted octanol–water partition coefficient (Wildman–Crippen LogP) is 2.48. The molecule has 1 N–H and O–H groups in total. The van der Waals surface area contributed by atoms with Crippen LogP contribution in [-0.4, -0.2) is 31.4 Å². The fourth-order valence-electron chi connectivity index (χ4n) is 1.76. The van der Waals surface area contributed by atoms with E-state index in [4.69, 9.17) is 0 Å². The number of nitrogens with one attached hydrogen (secondary N) is 1. The molecular weight excluding hydrogens is 305 g/mol. The number of aryl methyl sites for hydroxylation is 1. The van der Waals surface area contributed by atoms with Gasteiger partial charge in [0.2, 0.25) is 5.91 Å². The summed E-state index contributed by atoms with van der Waals surface area (Å²) in [6.07, 6.45) is 0.948. The van der Waals surface area contributed by atoms with E-state index in [1.54, 1.807) is 4.68 Å². The molecule has 0 bridgehead atoms. The maximum absolute atomic E-state index is 12.8. The number of aromatic nitrogens is 4. The van der Waals surface area contributed by atoms with Crippen molar-refractivity contribution < 1.29 is 9.18 Å². The van der Waals surface area contributed by atoms with E-state index in [1.807, 2.05) is 6.92 Å². The van der Waals surface area contributed by atoms with Gasteiger partial charge in [0.1, 0.15) is 5.82 Å². The topological polar surface area (TPSA) is 72.7 Å². The Morgan fingerprint density at radius 1 is 1.41 bits per heavy atom. The van der Waals surface area contributed by atoms with Gasteiger partial charge in [-0.05, 0) is 48.0 Å². The molecule has 0 aliphatic heterocycles. The lowest BCUT2D eigenvalue weighted by molar-refractivity contribution is -0.115. The molecule has 118 valence electrons. The highest BCUT2D eigenvalue weighted by Crippen LogP contribution is 2.18. The molecule has 0 aliphatic rings. The van der Waals surface area contributed by atoms with Crippen LogP contribution in [0.15, 0.2) is 24.3 Å². The summed E-state index contributed by atoms with van der Waals surface area (Å²) in [6, 6.07) is 5.69. The molecule has 0 spiro atoms. The number of tetrazole rings is 1. The van der Waals surface area contributed by atoms with Crippen LogP contribution in [0.3, 0.4) is 0 Å². The maximum Gasteiger partial charge on any atom is 0.237 e. The summed E-state index contributed by atoms with van der Waals surface area (Å²) in [5.41, 5.74) is 0.578. The third-order valence-corrected chi connectivity index (χ3v) is 4.12. The first-order valence-electron chi connectivity index (χ1n) is 7.03. The summed E-state index contributed by atoms with van der Waals surface area (Å²) in [5.74, 6) is 0.855. The SMILES string of the molecule is CCCn1nnnc1CSC(C)C(=O)Nc1ccc(F)cc1.